The molecule has 1 aromatic carbocycles. The first-order valence-electron chi connectivity index (χ1n) is 14.0. The van der Waals surface area contributed by atoms with Crippen LogP contribution in [0.4, 0.5) is 11.6 Å². The summed E-state index contributed by atoms with van der Waals surface area (Å²) in [6.07, 6.45) is 9.51. The number of amides is 1. The van der Waals surface area contributed by atoms with Gasteiger partial charge in [0.1, 0.15) is 18.9 Å². The molecule has 1 aliphatic carbocycles. The Balaban J connectivity index is 1.43. The number of pyridine rings is 1. The van der Waals surface area contributed by atoms with E-state index in [1.807, 2.05) is 16.8 Å². The normalized spacial score (nSPS) is 13.9. The highest BCUT2D eigenvalue weighted by molar-refractivity contribution is 6.31. The van der Waals surface area contributed by atoms with E-state index >= 15 is 0 Å². The summed E-state index contributed by atoms with van der Waals surface area (Å²) in [6.45, 7) is 4.90. The second-order valence-electron chi connectivity index (χ2n) is 10.4. The van der Waals surface area contributed by atoms with Crippen molar-refractivity contribution in [1.29, 1.82) is 0 Å². The van der Waals surface area contributed by atoms with E-state index in [1.165, 1.54) is 38.2 Å². The molecular weight excluding hydrogens is 544 g/mol. The molecule has 4 aromatic rings. The number of anilines is 2. The molecule has 216 valence electrons. The number of fused-ring (bicyclic) bond motifs is 1. The fourth-order valence-electron chi connectivity index (χ4n) is 5.59. The number of rotatable bonds is 10. The molecule has 5 rings (SSSR count). The van der Waals surface area contributed by atoms with Crippen LogP contribution < -0.4 is 35.8 Å². The number of nitrogens with zero attached hydrogens (tertiary/aromatic N) is 5. The first-order chi connectivity index (χ1) is 19.8. The maximum Gasteiger partial charge on any atom is 0.277 e. The molecule has 0 spiro atoms. The van der Waals surface area contributed by atoms with Gasteiger partial charge in [-0.15, -0.1) is 0 Å². The number of nitrogen functional groups attached to an aromatic ring is 2. The Morgan fingerprint density at radius 1 is 1.20 bits per heavy atom. The zero-order chi connectivity index (χ0) is 28.9. The molecule has 0 bridgehead atoms. The van der Waals surface area contributed by atoms with Gasteiger partial charge >= 0.3 is 0 Å². The van der Waals surface area contributed by atoms with E-state index in [1.54, 1.807) is 12.3 Å². The molecule has 0 radical (unpaired) electrons. The van der Waals surface area contributed by atoms with Gasteiger partial charge < -0.3 is 26.6 Å². The maximum atomic E-state index is 13.1. The number of aryl methyl sites for hydroxylation is 1. The topological polar surface area (TPSA) is 152 Å². The largest absolute Gasteiger partial charge is 0.868 e. The summed E-state index contributed by atoms with van der Waals surface area (Å²) in [4.78, 5) is 21.0. The van der Waals surface area contributed by atoms with Crippen molar-refractivity contribution in [2.24, 2.45) is 5.92 Å². The summed E-state index contributed by atoms with van der Waals surface area (Å²) in [6, 6.07) is 9.35. The number of nitrogens with two attached hydrogens (primary N) is 2. The summed E-state index contributed by atoms with van der Waals surface area (Å²) in [5, 5.41) is 14.5. The second-order valence-corrected chi connectivity index (χ2v) is 10.7. The van der Waals surface area contributed by atoms with Crippen molar-refractivity contribution in [2.45, 2.75) is 65.2 Å². The molecule has 3 aromatic heterocycles. The molecule has 5 N–H and O–H groups in total. The average Bonchev–Trinajstić information content (AvgIpc) is 3.25. The molecule has 0 unspecified atom stereocenters. The Morgan fingerprint density at radius 3 is 2.76 bits per heavy atom. The van der Waals surface area contributed by atoms with Gasteiger partial charge in [0.2, 0.25) is 0 Å². The van der Waals surface area contributed by atoms with Gasteiger partial charge in [-0.3, -0.25) is 4.79 Å². The fourth-order valence-corrected chi connectivity index (χ4v) is 5.72. The van der Waals surface area contributed by atoms with E-state index in [0.717, 1.165) is 35.7 Å². The third-order valence-corrected chi connectivity index (χ3v) is 7.89. The smallest absolute Gasteiger partial charge is 0.277 e. The number of carbonyl (C=O) groups is 1. The van der Waals surface area contributed by atoms with Crippen molar-refractivity contribution >= 4 is 40.2 Å². The predicted molar refractivity (Wildman–Crippen MR) is 153 cm³/mol. The fraction of sp³-hybridized carbons (Fsp3) is 0.414. The van der Waals surface area contributed by atoms with Gasteiger partial charge in [0.15, 0.2) is 52.5 Å². The van der Waals surface area contributed by atoms with Crippen molar-refractivity contribution in [3.8, 4) is 11.5 Å². The Bertz CT molecular complexity index is 1550. The summed E-state index contributed by atoms with van der Waals surface area (Å²) in [5.74, 6) is 1.67. The van der Waals surface area contributed by atoms with Gasteiger partial charge in [-0.05, 0) is 43.6 Å². The van der Waals surface area contributed by atoms with Crippen LogP contribution in [0, 0.1) is 5.92 Å². The van der Waals surface area contributed by atoms with Crippen LogP contribution >= 0.6 is 11.6 Å². The first-order valence-corrected chi connectivity index (χ1v) is 14.4. The Hall–Kier alpha value is -4.12. The summed E-state index contributed by atoms with van der Waals surface area (Å²) < 4.78 is 12.5. The zero-order valence-electron chi connectivity index (χ0n) is 23.2. The molecule has 12 heteroatoms. The first kappa shape index (κ1) is 28.4. The lowest BCUT2D eigenvalue weighted by Crippen LogP contribution is -2.41. The van der Waals surface area contributed by atoms with Gasteiger partial charge in [-0.2, -0.15) is 0 Å². The van der Waals surface area contributed by atoms with Crippen molar-refractivity contribution in [3.05, 3.63) is 59.4 Å². The lowest BCUT2D eigenvalue weighted by atomic mass is 9.89. The molecule has 1 aliphatic rings. The molecule has 1 saturated carbocycles. The number of imidazole rings is 1. The lowest BCUT2D eigenvalue weighted by Gasteiger charge is -2.20. The van der Waals surface area contributed by atoms with E-state index < -0.39 is 5.91 Å². The summed E-state index contributed by atoms with van der Waals surface area (Å²) >= 11 is 6.01. The molecular formula is C29H36ClN8O3+. The molecule has 0 aliphatic heterocycles. The number of ether oxygens (including phenoxy) is 1. The van der Waals surface area contributed by atoms with E-state index in [9.17, 15) is 9.90 Å². The Kier molecular flexibility index (Phi) is 8.72. The highest BCUT2D eigenvalue weighted by Crippen LogP contribution is 2.29. The maximum absolute atomic E-state index is 13.1. The molecule has 11 nitrogen and oxygen atoms in total. The number of carbonyl (C=O) groups excluding carboxylic acids is 1. The predicted octanol–water partition coefficient (Wildman–Crippen LogP) is 2.51. The van der Waals surface area contributed by atoms with Crippen LogP contribution in [-0.4, -0.2) is 27.0 Å². The molecule has 1 fully saturated rings. The van der Waals surface area contributed by atoms with Crippen molar-refractivity contribution in [3.63, 3.8) is 0 Å². The highest BCUT2D eigenvalue weighted by atomic mass is 35.5. The zero-order valence-corrected chi connectivity index (χ0v) is 23.9. The monoisotopic (exact) mass is 579 g/mol. The van der Waals surface area contributed by atoms with Crippen molar-refractivity contribution < 1.29 is 23.8 Å². The number of aromatic nitrogens is 5. The van der Waals surface area contributed by atoms with Crippen LogP contribution in [0.5, 0.6) is 11.5 Å². The van der Waals surface area contributed by atoms with Crippen LogP contribution in [0.3, 0.4) is 0 Å². The average molecular weight is 580 g/mol. The van der Waals surface area contributed by atoms with Crippen LogP contribution in [0.2, 0.25) is 5.15 Å². The van der Waals surface area contributed by atoms with Crippen LogP contribution in [-0.2, 0) is 26.2 Å². The SMILES string of the molecule is CC[n+]1c(CNC(=O)c2nc(Cl)c(N)nc2N)n(CC2CCCCC2)c2cc(OCC[n+]3cccc([O-])c3)ccc21. The van der Waals surface area contributed by atoms with Gasteiger partial charge in [-0.25, -0.2) is 23.7 Å². The summed E-state index contributed by atoms with van der Waals surface area (Å²) in [7, 11) is 0. The van der Waals surface area contributed by atoms with Crippen LogP contribution in [0.15, 0.2) is 42.7 Å². The molecule has 0 saturated heterocycles. The lowest BCUT2D eigenvalue weighted by molar-refractivity contribution is -0.699. The van der Waals surface area contributed by atoms with Crippen molar-refractivity contribution in [1.82, 2.24) is 19.9 Å². The molecule has 41 heavy (non-hydrogen) atoms. The van der Waals surface area contributed by atoms with E-state index in [0.29, 0.717) is 19.1 Å². The van der Waals surface area contributed by atoms with E-state index in [2.05, 4.69) is 43.5 Å². The standard InChI is InChI=1S/C29H35ClN8O3/c1-2-37-22-11-10-21(41-14-13-36-12-6-9-20(39)18-36)15-23(22)38(17-19-7-4-3-5-8-19)24(37)16-33-29(40)25-27(31)35-28(32)26(30)34-25/h6,9-12,15,18-19H,2-5,7-8,13-14,16-17H2,1H3,(H4-2,31,32,33,35,39,40)/p+1. The number of benzene rings is 1. The number of nitrogens with one attached hydrogen (secondary N) is 1. The quantitative estimate of drug-likeness (QED) is 0.244. The van der Waals surface area contributed by atoms with Crippen LogP contribution in [0.25, 0.3) is 11.0 Å². The number of halogens is 1. The minimum atomic E-state index is -0.474. The van der Waals surface area contributed by atoms with Gasteiger partial charge in [0.05, 0.1) is 13.1 Å². The van der Waals surface area contributed by atoms with Crippen molar-refractivity contribution in [2.75, 3.05) is 18.1 Å². The minimum absolute atomic E-state index is 0.0207. The van der Waals surface area contributed by atoms with Gasteiger partial charge in [-0.1, -0.05) is 36.9 Å². The van der Waals surface area contributed by atoms with E-state index in [-0.39, 0.29) is 34.8 Å². The molecule has 0 atom stereocenters. The second kappa shape index (κ2) is 12.6. The third kappa shape index (κ3) is 6.45. The van der Waals surface area contributed by atoms with E-state index in [4.69, 9.17) is 27.8 Å². The van der Waals surface area contributed by atoms with Crippen LogP contribution in [0.1, 0.15) is 55.3 Å². The molecule has 1 amide bonds. The highest BCUT2D eigenvalue weighted by Gasteiger charge is 2.28. The Labute approximate surface area is 243 Å². The van der Waals surface area contributed by atoms with Gasteiger partial charge in [0, 0.05) is 12.1 Å². The number of hydrogen-bond donors (Lipinski definition) is 3. The minimum Gasteiger partial charge on any atom is -0.868 e. The summed E-state index contributed by atoms with van der Waals surface area (Å²) in [5.41, 5.74) is 13.6. The third-order valence-electron chi connectivity index (χ3n) is 7.61. The number of hydrogen-bond acceptors (Lipinski definition) is 7. The molecule has 3 heterocycles. The Morgan fingerprint density at radius 2 is 2.00 bits per heavy atom. The van der Waals surface area contributed by atoms with Gasteiger partial charge in [0.25, 0.3) is 11.7 Å².